The van der Waals surface area contributed by atoms with Gasteiger partial charge in [0.1, 0.15) is 6.04 Å². The van der Waals surface area contributed by atoms with Crippen LogP contribution in [0.3, 0.4) is 0 Å². The van der Waals surface area contributed by atoms with E-state index >= 15 is 0 Å². The average molecular weight is 542 g/mol. The summed E-state index contributed by atoms with van der Waals surface area (Å²) in [7, 11) is 4.63. The van der Waals surface area contributed by atoms with Gasteiger partial charge in [-0.1, -0.05) is 26.3 Å². The fraction of sp³-hybridized carbons (Fsp3) is 0.483. The first kappa shape index (κ1) is 29.8. The Kier molecular flexibility index (Phi) is 10.2. The molecule has 0 bridgehead atoms. The Morgan fingerprint density at radius 2 is 1.82 bits per heavy atom. The van der Waals surface area contributed by atoms with Crippen LogP contribution >= 0.6 is 0 Å². The monoisotopic (exact) mass is 541 g/mol. The molecule has 0 saturated heterocycles. The minimum atomic E-state index is -0.686. The molecule has 1 aliphatic rings. The van der Waals surface area contributed by atoms with Crippen molar-refractivity contribution in [2.75, 3.05) is 39.8 Å². The Bertz CT molecular complexity index is 1260. The van der Waals surface area contributed by atoms with Gasteiger partial charge in [0.2, 0.25) is 23.0 Å². The third kappa shape index (κ3) is 6.44. The molecule has 2 aromatic rings. The zero-order chi connectivity index (χ0) is 28.7. The summed E-state index contributed by atoms with van der Waals surface area (Å²) in [6.07, 6.45) is 1.84. The lowest BCUT2D eigenvalue weighted by Crippen LogP contribution is -2.45. The van der Waals surface area contributed by atoms with Crippen LogP contribution in [0, 0.1) is 5.92 Å². The molecule has 2 aromatic carbocycles. The van der Waals surface area contributed by atoms with Gasteiger partial charge in [-0.25, -0.2) is 0 Å². The zero-order valence-electron chi connectivity index (χ0n) is 23.5. The molecule has 212 valence electrons. The van der Waals surface area contributed by atoms with E-state index in [0.29, 0.717) is 47.6 Å². The number of hydrogen-bond acceptors (Lipinski definition) is 8. The first-order valence-electron chi connectivity index (χ1n) is 13.1. The molecule has 0 fully saturated rings. The predicted molar refractivity (Wildman–Crippen MR) is 150 cm³/mol. The van der Waals surface area contributed by atoms with Gasteiger partial charge in [0, 0.05) is 19.0 Å². The van der Waals surface area contributed by atoms with Crippen LogP contribution in [0.1, 0.15) is 50.8 Å². The van der Waals surface area contributed by atoms with Crippen molar-refractivity contribution in [1.29, 1.82) is 0 Å². The van der Waals surface area contributed by atoms with E-state index in [4.69, 9.17) is 19.3 Å². The molecule has 0 saturated carbocycles. The van der Waals surface area contributed by atoms with Crippen LogP contribution in [0.5, 0.6) is 17.2 Å². The van der Waals surface area contributed by atoms with Crippen LogP contribution in [0.25, 0.3) is 11.1 Å². The number of hydrogen-bond donors (Lipinski definition) is 4. The van der Waals surface area contributed by atoms with E-state index in [0.717, 1.165) is 11.1 Å². The van der Waals surface area contributed by atoms with Gasteiger partial charge in [-0.3, -0.25) is 14.4 Å². The maximum Gasteiger partial charge on any atom is 0.242 e. The number of benzene rings is 1. The highest BCUT2D eigenvalue weighted by atomic mass is 16.5. The minimum absolute atomic E-state index is 0.0869. The van der Waals surface area contributed by atoms with Crippen molar-refractivity contribution in [3.63, 3.8) is 0 Å². The molecule has 10 nitrogen and oxygen atoms in total. The smallest absolute Gasteiger partial charge is 0.242 e. The highest BCUT2D eigenvalue weighted by molar-refractivity contribution is 5.86. The first-order valence-corrected chi connectivity index (χ1v) is 13.1. The molecule has 39 heavy (non-hydrogen) atoms. The van der Waals surface area contributed by atoms with E-state index < -0.39 is 12.1 Å². The molecule has 0 unspecified atom stereocenters. The van der Waals surface area contributed by atoms with Crippen molar-refractivity contribution in [1.82, 2.24) is 10.6 Å². The molecular formula is C29H39N3O7. The quantitative estimate of drug-likeness (QED) is 0.341. The minimum Gasteiger partial charge on any atom is -0.493 e. The largest absolute Gasteiger partial charge is 0.493 e. The zero-order valence-corrected chi connectivity index (χ0v) is 23.5. The summed E-state index contributed by atoms with van der Waals surface area (Å²) in [5.74, 6) is 0.804. The van der Waals surface area contributed by atoms with E-state index in [2.05, 4.69) is 16.0 Å². The number of aliphatic hydroxyl groups excluding tert-OH is 1. The van der Waals surface area contributed by atoms with Crippen molar-refractivity contribution in [3.05, 3.63) is 45.6 Å². The highest BCUT2D eigenvalue weighted by Crippen LogP contribution is 2.50. The normalized spacial score (nSPS) is 15.5. The summed E-state index contributed by atoms with van der Waals surface area (Å²) < 4.78 is 17.0. The van der Waals surface area contributed by atoms with E-state index in [1.54, 1.807) is 20.3 Å². The van der Waals surface area contributed by atoms with Crippen LogP contribution < -0.4 is 35.6 Å². The second kappa shape index (κ2) is 13.3. The maximum absolute atomic E-state index is 13.6. The second-order valence-corrected chi connectivity index (χ2v) is 9.62. The number of methoxy groups -OCH3 is 3. The number of carbonyl (C=O) groups excluding carboxylic acids is 2. The Labute approximate surface area is 229 Å². The van der Waals surface area contributed by atoms with Gasteiger partial charge in [0.05, 0.1) is 39.7 Å². The van der Waals surface area contributed by atoms with Crippen molar-refractivity contribution >= 4 is 17.5 Å². The fourth-order valence-corrected chi connectivity index (χ4v) is 4.99. The van der Waals surface area contributed by atoms with Gasteiger partial charge < -0.3 is 35.3 Å². The Hall–Kier alpha value is -3.79. The lowest BCUT2D eigenvalue weighted by Gasteiger charge is -2.23. The second-order valence-electron chi connectivity index (χ2n) is 9.62. The first-order chi connectivity index (χ1) is 18.7. The SMILES string of the molecule is CC[C@@H](C)[C@H](Nc1ccc2c(cc1=O)[C@@H](NC(C)=O)CCc1cc(OC)c(OC)c(OC)c1-2)C(=O)NCCO. The van der Waals surface area contributed by atoms with Crippen molar-refractivity contribution < 1.29 is 28.9 Å². The number of carbonyl (C=O) groups is 2. The van der Waals surface area contributed by atoms with Crippen molar-refractivity contribution in [2.24, 2.45) is 5.92 Å². The third-order valence-electron chi connectivity index (χ3n) is 7.13. The Morgan fingerprint density at radius 1 is 1.10 bits per heavy atom. The van der Waals surface area contributed by atoms with Gasteiger partial charge in [-0.05, 0) is 53.6 Å². The summed E-state index contributed by atoms with van der Waals surface area (Å²) in [5, 5.41) is 18.0. The molecule has 2 amide bonds. The Balaban J connectivity index is 2.26. The third-order valence-corrected chi connectivity index (χ3v) is 7.13. The summed E-state index contributed by atoms with van der Waals surface area (Å²) in [6, 6.07) is 5.76. The topological polar surface area (TPSA) is 135 Å². The van der Waals surface area contributed by atoms with E-state index in [9.17, 15) is 14.4 Å². The van der Waals surface area contributed by atoms with Crippen molar-refractivity contribution in [3.8, 4) is 28.4 Å². The summed E-state index contributed by atoms with van der Waals surface area (Å²) in [4.78, 5) is 38.6. The summed E-state index contributed by atoms with van der Waals surface area (Å²) in [5.41, 5.74) is 2.94. The van der Waals surface area contributed by atoms with Gasteiger partial charge >= 0.3 is 0 Å². The predicted octanol–water partition coefficient (Wildman–Crippen LogP) is 2.80. The lowest BCUT2D eigenvalue weighted by atomic mass is 9.95. The van der Waals surface area contributed by atoms with Crippen LogP contribution in [0.4, 0.5) is 5.69 Å². The van der Waals surface area contributed by atoms with E-state index in [1.807, 2.05) is 26.0 Å². The summed E-state index contributed by atoms with van der Waals surface area (Å²) >= 11 is 0. The summed E-state index contributed by atoms with van der Waals surface area (Å²) in [6.45, 7) is 5.27. The molecule has 0 heterocycles. The molecule has 0 aliphatic heterocycles. The molecule has 10 heteroatoms. The van der Waals surface area contributed by atoms with Crippen LogP contribution in [0.2, 0.25) is 0 Å². The number of aryl methyl sites for hydroxylation is 1. The lowest BCUT2D eigenvalue weighted by molar-refractivity contribution is -0.123. The van der Waals surface area contributed by atoms with Crippen LogP contribution in [-0.2, 0) is 16.0 Å². The molecule has 4 N–H and O–H groups in total. The van der Waals surface area contributed by atoms with Crippen LogP contribution in [-0.4, -0.2) is 57.4 Å². The van der Waals surface area contributed by atoms with Crippen LogP contribution in [0.15, 0.2) is 29.1 Å². The highest BCUT2D eigenvalue weighted by Gasteiger charge is 2.30. The van der Waals surface area contributed by atoms with E-state index in [-0.39, 0.29) is 42.0 Å². The van der Waals surface area contributed by atoms with Gasteiger partial charge in [0.15, 0.2) is 11.5 Å². The molecule has 0 aromatic heterocycles. The van der Waals surface area contributed by atoms with Crippen molar-refractivity contribution in [2.45, 2.75) is 52.1 Å². The molecule has 0 radical (unpaired) electrons. The number of amides is 2. The number of rotatable bonds is 11. The molecule has 3 rings (SSSR count). The molecule has 1 aliphatic carbocycles. The molecule has 0 spiro atoms. The number of anilines is 1. The number of fused-ring (bicyclic) bond motifs is 3. The number of ether oxygens (including phenoxy) is 3. The maximum atomic E-state index is 13.6. The standard InChI is InChI=1S/C29H39N3O7/c1-7-16(2)26(29(36)30-12-13-33)32-22-11-9-19-20(15-23(22)35)21(31-17(3)34)10-8-18-14-24(37-4)27(38-5)28(39-6)25(18)19/h9,11,14-16,21,26,33H,7-8,10,12-13H2,1-6H3,(H,30,36)(H,31,34)(H,32,35)/t16-,21+,26+/m1/s1. The van der Waals surface area contributed by atoms with Gasteiger partial charge in [-0.15, -0.1) is 0 Å². The van der Waals surface area contributed by atoms with Gasteiger partial charge in [0.25, 0.3) is 0 Å². The average Bonchev–Trinajstić information content (AvgIpc) is 3.17. The fourth-order valence-electron chi connectivity index (χ4n) is 4.99. The van der Waals surface area contributed by atoms with Gasteiger partial charge in [-0.2, -0.15) is 0 Å². The molecule has 3 atom stereocenters. The molecular weight excluding hydrogens is 502 g/mol. The number of nitrogens with one attached hydrogen (secondary N) is 3. The number of aliphatic hydroxyl groups is 1. The Morgan fingerprint density at radius 3 is 2.41 bits per heavy atom. The van der Waals surface area contributed by atoms with E-state index in [1.165, 1.54) is 20.1 Å².